The number of hydrogen-bond acceptors (Lipinski definition) is 4. The molecule has 3 N–H and O–H groups in total. The summed E-state index contributed by atoms with van der Waals surface area (Å²) in [4.78, 5) is 41.7. The van der Waals surface area contributed by atoms with Gasteiger partial charge in [0.05, 0.1) is 25.1 Å². The molecule has 1 aromatic carbocycles. The van der Waals surface area contributed by atoms with Crippen LogP contribution in [0, 0.1) is 5.92 Å². The summed E-state index contributed by atoms with van der Waals surface area (Å²) in [5, 5.41) is 2.53. The van der Waals surface area contributed by atoms with E-state index in [4.69, 9.17) is 14.5 Å². The standard InChI is InChI=1S/C15H22NO6P.Ca.2H/c1-2-22-14(17)8-9-16-15(18)13(11-23(19,20)21)10-12-6-4-3-5-7-12;;;/h3-7,13H,2,8-11H2,1H3,(H,16,18)(H2,19,20,21);;;/q;+2;2*-1/t13-;;;/m1.../s1. The number of esters is 1. The van der Waals surface area contributed by atoms with Gasteiger partial charge in [0.15, 0.2) is 0 Å². The van der Waals surface area contributed by atoms with Crippen LogP contribution in [0.25, 0.3) is 0 Å². The van der Waals surface area contributed by atoms with E-state index in [1.54, 1.807) is 31.2 Å². The zero-order valence-corrected chi connectivity index (χ0v) is 16.8. The van der Waals surface area contributed by atoms with Gasteiger partial charge in [-0.05, 0) is 18.9 Å². The van der Waals surface area contributed by atoms with E-state index in [9.17, 15) is 14.2 Å². The summed E-state index contributed by atoms with van der Waals surface area (Å²) in [5.74, 6) is -1.77. The first-order valence-corrected chi connectivity index (χ1v) is 9.13. The van der Waals surface area contributed by atoms with Crippen molar-refractivity contribution in [3.05, 3.63) is 35.9 Å². The molecule has 0 unspecified atom stereocenters. The second-order valence-electron chi connectivity index (χ2n) is 5.08. The van der Waals surface area contributed by atoms with Crippen LogP contribution < -0.4 is 5.32 Å². The number of nitrogens with one attached hydrogen (secondary N) is 1. The summed E-state index contributed by atoms with van der Waals surface area (Å²) in [7, 11) is -4.33. The number of hydrogen-bond donors (Lipinski definition) is 3. The number of ether oxygens (including phenoxy) is 1. The van der Waals surface area contributed by atoms with E-state index in [0.717, 1.165) is 5.56 Å². The Balaban J connectivity index is -0.00000176. The van der Waals surface area contributed by atoms with Crippen molar-refractivity contribution < 1.29 is 31.5 Å². The zero-order chi connectivity index (χ0) is 17.3. The molecule has 0 radical (unpaired) electrons. The van der Waals surface area contributed by atoms with Crippen molar-refractivity contribution in [1.82, 2.24) is 5.32 Å². The molecule has 0 aliphatic carbocycles. The van der Waals surface area contributed by atoms with Gasteiger partial charge in [-0.2, -0.15) is 0 Å². The van der Waals surface area contributed by atoms with E-state index in [1.807, 2.05) is 6.07 Å². The zero-order valence-electron chi connectivity index (χ0n) is 15.7. The van der Waals surface area contributed by atoms with Crippen LogP contribution in [-0.4, -0.2) is 78.7 Å². The van der Waals surface area contributed by atoms with Crippen molar-refractivity contribution >= 4 is 57.2 Å². The van der Waals surface area contributed by atoms with Gasteiger partial charge in [-0.15, -0.1) is 0 Å². The maximum absolute atomic E-state index is 12.2. The normalized spacial score (nSPS) is 12.0. The number of carbonyl (C=O) groups is 2. The van der Waals surface area contributed by atoms with Gasteiger partial charge in [0, 0.05) is 6.54 Å². The fourth-order valence-electron chi connectivity index (χ4n) is 2.09. The van der Waals surface area contributed by atoms with Crippen LogP contribution in [0.15, 0.2) is 30.3 Å². The summed E-state index contributed by atoms with van der Waals surface area (Å²) in [5.41, 5.74) is 0.812. The Morgan fingerprint density at radius 1 is 1.29 bits per heavy atom. The van der Waals surface area contributed by atoms with Crippen LogP contribution in [0.4, 0.5) is 0 Å². The average molecular weight is 385 g/mol. The first-order chi connectivity index (χ1) is 10.8. The van der Waals surface area contributed by atoms with Crippen molar-refractivity contribution in [1.29, 1.82) is 0 Å². The monoisotopic (exact) mass is 385 g/mol. The Labute approximate surface area is 174 Å². The smallest absolute Gasteiger partial charge is 1.00 e. The molecule has 0 spiro atoms. The van der Waals surface area contributed by atoms with Gasteiger partial charge in [-0.3, -0.25) is 14.2 Å². The molecule has 0 aliphatic heterocycles. The topological polar surface area (TPSA) is 113 Å². The fraction of sp³-hybridized carbons (Fsp3) is 0.467. The number of benzene rings is 1. The van der Waals surface area contributed by atoms with Gasteiger partial charge >= 0.3 is 51.3 Å². The summed E-state index contributed by atoms with van der Waals surface area (Å²) < 4.78 is 16.0. The molecule has 24 heavy (non-hydrogen) atoms. The van der Waals surface area contributed by atoms with Crippen LogP contribution in [0.2, 0.25) is 0 Å². The van der Waals surface area contributed by atoms with Crippen molar-refractivity contribution in [3.8, 4) is 0 Å². The molecule has 7 nitrogen and oxygen atoms in total. The van der Waals surface area contributed by atoms with E-state index in [2.05, 4.69) is 5.32 Å². The predicted octanol–water partition coefficient (Wildman–Crippen LogP) is 0.937. The largest absolute Gasteiger partial charge is 2.00 e. The second-order valence-corrected chi connectivity index (χ2v) is 6.77. The van der Waals surface area contributed by atoms with E-state index in [-0.39, 0.29) is 66.6 Å². The predicted molar refractivity (Wildman–Crippen MR) is 92.8 cm³/mol. The number of carbonyl (C=O) groups excluding carboxylic acids is 2. The third-order valence-corrected chi connectivity index (χ3v) is 4.00. The molecular formula is C15H24CaNO6P. The summed E-state index contributed by atoms with van der Waals surface area (Å²) in [6, 6.07) is 8.99. The SMILES string of the molecule is CCOC(=O)CCNC(=O)[C@H](Cc1ccccc1)CP(=O)(O)O.[Ca+2].[H-].[H-]. The van der Waals surface area contributed by atoms with Gasteiger partial charge in [-0.25, -0.2) is 0 Å². The Morgan fingerprint density at radius 3 is 2.46 bits per heavy atom. The maximum atomic E-state index is 12.2. The Kier molecular flexibility index (Phi) is 11.8. The Hall–Kier alpha value is -0.430. The van der Waals surface area contributed by atoms with Crippen molar-refractivity contribution in [2.45, 2.75) is 19.8 Å². The van der Waals surface area contributed by atoms with Gasteiger partial charge in [0.25, 0.3) is 0 Å². The molecule has 132 valence electrons. The third-order valence-electron chi connectivity index (χ3n) is 3.09. The maximum Gasteiger partial charge on any atom is 2.00 e. The van der Waals surface area contributed by atoms with E-state index < -0.39 is 31.6 Å². The fourth-order valence-corrected chi connectivity index (χ4v) is 2.96. The van der Waals surface area contributed by atoms with Gasteiger partial charge in [0.1, 0.15) is 0 Å². The number of rotatable bonds is 9. The molecule has 0 saturated heterocycles. The molecule has 0 aromatic heterocycles. The number of amides is 1. The van der Waals surface area contributed by atoms with E-state index in [0.29, 0.717) is 0 Å². The second kappa shape index (κ2) is 12.0. The van der Waals surface area contributed by atoms with Crippen molar-refractivity contribution in [2.75, 3.05) is 19.3 Å². The van der Waals surface area contributed by atoms with Crippen LogP contribution in [0.5, 0.6) is 0 Å². The van der Waals surface area contributed by atoms with Crippen molar-refractivity contribution in [2.24, 2.45) is 5.92 Å². The molecule has 0 aliphatic rings. The molecule has 1 rings (SSSR count). The average Bonchev–Trinajstić information content (AvgIpc) is 2.46. The minimum atomic E-state index is -4.33. The molecule has 1 aromatic rings. The van der Waals surface area contributed by atoms with Crippen LogP contribution in [-0.2, 0) is 25.3 Å². The molecule has 0 heterocycles. The first kappa shape index (κ1) is 23.6. The molecule has 9 heteroatoms. The van der Waals surface area contributed by atoms with Crippen LogP contribution in [0.3, 0.4) is 0 Å². The minimum absolute atomic E-state index is 0. The molecule has 1 amide bonds. The van der Waals surface area contributed by atoms with Gasteiger partial charge < -0.3 is 22.7 Å². The molecular weight excluding hydrogens is 361 g/mol. The Morgan fingerprint density at radius 2 is 1.92 bits per heavy atom. The van der Waals surface area contributed by atoms with Gasteiger partial charge in [0.2, 0.25) is 5.91 Å². The van der Waals surface area contributed by atoms with E-state index >= 15 is 0 Å². The molecule has 1 atom stereocenters. The van der Waals surface area contributed by atoms with Crippen LogP contribution >= 0.6 is 7.60 Å². The molecule has 0 fully saturated rings. The third kappa shape index (κ3) is 10.4. The summed E-state index contributed by atoms with van der Waals surface area (Å²) in [6.07, 6.45) is -0.294. The molecule has 0 saturated carbocycles. The minimum Gasteiger partial charge on any atom is -1.00 e. The first-order valence-electron chi connectivity index (χ1n) is 7.33. The van der Waals surface area contributed by atoms with Crippen LogP contribution in [0.1, 0.15) is 21.8 Å². The summed E-state index contributed by atoms with van der Waals surface area (Å²) in [6.45, 7) is 2.03. The Bertz CT molecular complexity index is 573. The van der Waals surface area contributed by atoms with Crippen molar-refractivity contribution in [3.63, 3.8) is 0 Å². The van der Waals surface area contributed by atoms with E-state index in [1.165, 1.54) is 0 Å². The quantitative estimate of drug-likeness (QED) is 0.331. The summed E-state index contributed by atoms with van der Waals surface area (Å²) >= 11 is 0. The molecule has 0 bridgehead atoms. The van der Waals surface area contributed by atoms with Gasteiger partial charge in [-0.1, -0.05) is 30.3 Å².